The van der Waals surface area contributed by atoms with Gasteiger partial charge in [0.1, 0.15) is 39.8 Å². The summed E-state index contributed by atoms with van der Waals surface area (Å²) in [4.78, 5) is 22.4. The Hall–Kier alpha value is -6.57. The molecular formula is C73H92Cl3N7O4. The van der Waals surface area contributed by atoms with Gasteiger partial charge in [0, 0.05) is 40.0 Å². The highest BCUT2D eigenvalue weighted by atomic mass is 35.5. The summed E-state index contributed by atoms with van der Waals surface area (Å²) in [5.74, 6) is 3.25. The molecule has 5 heterocycles. The van der Waals surface area contributed by atoms with Gasteiger partial charge in [0.15, 0.2) is 0 Å². The minimum atomic E-state index is -0.535. The summed E-state index contributed by atoms with van der Waals surface area (Å²) in [5.41, 5.74) is 30.0. The Labute approximate surface area is 536 Å². The van der Waals surface area contributed by atoms with Gasteiger partial charge < -0.3 is 36.1 Å². The Morgan fingerprint density at radius 1 is 0.368 bits per heavy atom. The molecule has 0 radical (unpaired) electrons. The van der Waals surface area contributed by atoms with E-state index in [-0.39, 0.29) is 55.0 Å². The predicted octanol–water partition coefficient (Wildman–Crippen LogP) is 17.1. The highest BCUT2D eigenvalue weighted by Gasteiger charge is 2.33. The number of rotatable bonds is 27. The number of ether oxygens (including phenoxy) is 4. The molecule has 4 aromatic carbocycles. The van der Waals surface area contributed by atoms with E-state index in [0.29, 0.717) is 32.0 Å². The van der Waals surface area contributed by atoms with Crippen LogP contribution in [0.2, 0.25) is 0 Å². The molecule has 0 fully saturated rings. The van der Waals surface area contributed by atoms with E-state index in [1.165, 1.54) is 44.9 Å². The number of halogens is 3. The highest BCUT2D eigenvalue weighted by molar-refractivity contribution is 6.39. The molecule has 5 aliphatic heterocycles. The quantitative estimate of drug-likeness (QED) is 0.0500. The van der Waals surface area contributed by atoms with E-state index in [1.807, 2.05) is 42.5 Å². The number of benzene rings is 4. The molecule has 0 saturated heterocycles. The largest absolute Gasteiger partial charge is 0.494 e. The maximum Gasteiger partial charge on any atom is 0.120 e. The predicted molar refractivity (Wildman–Crippen MR) is 373 cm³/mol. The first-order chi connectivity index (χ1) is 40.4. The molecule has 464 valence electrons. The Morgan fingerprint density at radius 3 is 0.920 bits per heavy atom. The molecule has 14 heteroatoms. The van der Waals surface area contributed by atoms with Gasteiger partial charge >= 0.3 is 0 Å². The molecule has 3 unspecified atom stereocenters. The topological polar surface area (TPSA) is 164 Å². The van der Waals surface area contributed by atoms with E-state index in [1.54, 1.807) is 0 Å². The number of unbranched alkanes of at least 4 members (excludes halogenated alkanes) is 8. The third-order valence-corrected chi connectivity index (χ3v) is 17.4. The lowest BCUT2D eigenvalue weighted by Crippen LogP contribution is -2.40. The summed E-state index contributed by atoms with van der Waals surface area (Å²) in [5, 5.41) is 0. The SMILES string of the molecule is CCCCCCCCCCCOc1cccc(C2=C3C=CC(=N3)C(c3cccc(OC(C)(C)C(C)CN)c3)=C3C=CC(=N3)C(c3cccc(OC(C)(C)C(C)CN)c3)=C3C=CC(=N3)C(c3cccc(OC(C)(C)C(C)CN)c3)=C3C=CC2=N3)c1.Cl.Cl.Cl. The summed E-state index contributed by atoms with van der Waals surface area (Å²) in [6, 6.07) is 33.0. The third kappa shape index (κ3) is 16.8. The summed E-state index contributed by atoms with van der Waals surface area (Å²) >= 11 is 0. The monoisotopic (exact) mass is 1240 g/mol. The fourth-order valence-corrected chi connectivity index (χ4v) is 10.8. The highest BCUT2D eigenvalue weighted by Crippen LogP contribution is 2.41. The van der Waals surface area contributed by atoms with Gasteiger partial charge in [-0.15, -0.1) is 37.2 Å². The van der Waals surface area contributed by atoms with E-state index in [4.69, 9.17) is 56.1 Å². The van der Waals surface area contributed by atoms with E-state index in [0.717, 1.165) is 120 Å². The zero-order valence-corrected chi connectivity index (χ0v) is 55.1. The van der Waals surface area contributed by atoms with E-state index >= 15 is 0 Å². The van der Waals surface area contributed by atoms with Crippen LogP contribution in [0.1, 0.15) is 149 Å². The molecule has 5 aliphatic rings. The van der Waals surface area contributed by atoms with Crippen molar-refractivity contribution in [2.24, 2.45) is 54.9 Å². The molecule has 0 amide bonds. The Bertz CT molecular complexity index is 3420. The minimum Gasteiger partial charge on any atom is -0.494 e. The Kier molecular flexibility index (Phi) is 24.8. The molecule has 3 atom stereocenters. The second-order valence-electron chi connectivity index (χ2n) is 24.7. The van der Waals surface area contributed by atoms with Gasteiger partial charge in [-0.1, -0.05) is 128 Å². The van der Waals surface area contributed by atoms with Crippen molar-refractivity contribution in [2.45, 2.75) is 144 Å². The molecule has 0 saturated carbocycles. The summed E-state index contributed by atoms with van der Waals surface area (Å²) in [6.07, 6.45) is 28.0. The van der Waals surface area contributed by atoms with E-state index < -0.39 is 16.8 Å². The first-order valence-corrected chi connectivity index (χ1v) is 30.7. The number of nitrogens with two attached hydrogens (primary N) is 3. The van der Waals surface area contributed by atoms with Crippen LogP contribution in [0.3, 0.4) is 0 Å². The molecule has 9 rings (SSSR count). The van der Waals surface area contributed by atoms with Crippen LogP contribution in [0.25, 0.3) is 22.3 Å². The molecule has 0 aromatic heterocycles. The van der Waals surface area contributed by atoms with Crippen LogP contribution in [0.15, 0.2) is 188 Å². The maximum absolute atomic E-state index is 6.76. The van der Waals surface area contributed by atoms with Gasteiger partial charge in [-0.3, -0.25) is 0 Å². The van der Waals surface area contributed by atoms with Gasteiger partial charge in [-0.25, -0.2) is 20.0 Å². The molecule has 87 heavy (non-hydrogen) atoms. The van der Waals surface area contributed by atoms with Gasteiger partial charge in [0.05, 0.1) is 52.2 Å². The fraction of sp³-hybridized carbons (Fsp3) is 0.397. The van der Waals surface area contributed by atoms with Crippen LogP contribution in [0.4, 0.5) is 0 Å². The lowest BCUT2D eigenvalue weighted by molar-refractivity contribution is 0.0553. The smallest absolute Gasteiger partial charge is 0.120 e. The third-order valence-electron chi connectivity index (χ3n) is 17.4. The van der Waals surface area contributed by atoms with Crippen LogP contribution >= 0.6 is 37.2 Å². The van der Waals surface area contributed by atoms with Crippen molar-refractivity contribution in [1.29, 1.82) is 0 Å². The molecule has 6 N–H and O–H groups in total. The summed E-state index contributed by atoms with van der Waals surface area (Å²) in [6.45, 7) is 23.2. The van der Waals surface area contributed by atoms with Crippen molar-refractivity contribution in [1.82, 2.24) is 0 Å². The minimum absolute atomic E-state index is 0. The maximum atomic E-state index is 6.76. The Morgan fingerprint density at radius 2 is 0.632 bits per heavy atom. The van der Waals surface area contributed by atoms with Gasteiger partial charge in [0.25, 0.3) is 0 Å². The summed E-state index contributed by atoms with van der Waals surface area (Å²) in [7, 11) is 0. The van der Waals surface area contributed by atoms with Crippen molar-refractivity contribution >= 4 is 82.4 Å². The molecular weight excluding hydrogens is 1150 g/mol. The lowest BCUT2D eigenvalue weighted by Gasteiger charge is -2.32. The number of aliphatic imine (C=N–C) groups is 4. The fourth-order valence-electron chi connectivity index (χ4n) is 10.8. The van der Waals surface area contributed by atoms with Crippen LogP contribution in [-0.2, 0) is 0 Å². The standard InChI is InChI=1S/C73H89N7O4.3ClH/c1-11-12-13-14-15-16-17-18-19-40-81-55-28-20-24-51(41-55)67-59-32-34-61(77-59)68(52-25-21-29-56(42-52)82-71(5,6)48(2)45-74)63-36-38-65(79-63)70(54-27-23-31-58(44-54)84-73(9,10)50(4)47-76)66-39-37-64(80-66)69(62-35-33-60(67)78-62)53-26-22-30-57(43-53)83-72(7,8)49(3)46-75;;;/h20-39,41-44,48-50H,11-19,40,45-47,74-76H2,1-10H3;3*1H. The number of hydrogen-bond donors (Lipinski definition) is 3. The zero-order chi connectivity index (χ0) is 59.6. The summed E-state index contributed by atoms with van der Waals surface area (Å²) < 4.78 is 26.8. The average molecular weight is 1240 g/mol. The molecule has 8 bridgehead atoms. The second-order valence-corrected chi connectivity index (χ2v) is 24.7. The van der Waals surface area contributed by atoms with E-state index in [9.17, 15) is 0 Å². The molecule has 4 aromatic rings. The van der Waals surface area contributed by atoms with Gasteiger partial charge in [0.2, 0.25) is 0 Å². The van der Waals surface area contributed by atoms with Crippen molar-refractivity contribution in [3.8, 4) is 23.0 Å². The van der Waals surface area contributed by atoms with Crippen molar-refractivity contribution in [3.05, 3.63) is 191 Å². The number of fused-ring (bicyclic) bond motifs is 4. The van der Waals surface area contributed by atoms with Gasteiger partial charge in [-0.2, -0.15) is 0 Å². The number of nitrogens with zero attached hydrogens (tertiary/aromatic N) is 4. The zero-order valence-electron chi connectivity index (χ0n) is 52.7. The van der Waals surface area contributed by atoms with Crippen molar-refractivity contribution in [2.75, 3.05) is 26.2 Å². The van der Waals surface area contributed by atoms with Crippen molar-refractivity contribution < 1.29 is 18.9 Å². The first-order valence-electron chi connectivity index (χ1n) is 30.7. The number of hydrogen-bond acceptors (Lipinski definition) is 11. The first kappa shape index (κ1) is 69.5. The molecule has 0 aliphatic carbocycles. The van der Waals surface area contributed by atoms with Crippen LogP contribution in [-0.4, -0.2) is 65.9 Å². The van der Waals surface area contributed by atoms with Gasteiger partial charge in [-0.05, 0) is 187 Å². The Balaban J connectivity index is 0.00000403. The van der Waals surface area contributed by atoms with Crippen molar-refractivity contribution in [3.63, 3.8) is 0 Å². The molecule has 11 nitrogen and oxygen atoms in total. The molecule has 0 spiro atoms. The van der Waals surface area contributed by atoms with E-state index in [2.05, 4.69) is 172 Å². The normalized spacial score (nSPS) is 16.4. The van der Waals surface area contributed by atoms with Crippen LogP contribution in [0.5, 0.6) is 23.0 Å². The second kappa shape index (κ2) is 31.1. The van der Waals surface area contributed by atoms with Crippen LogP contribution in [0, 0.1) is 17.8 Å². The lowest BCUT2D eigenvalue weighted by atomic mass is 9.92. The number of allylic oxidation sites excluding steroid dienone is 12. The van der Waals surface area contributed by atoms with Crippen LogP contribution < -0.4 is 36.1 Å². The average Bonchev–Trinajstić information content (AvgIpc) is 1.76.